The number of nitrogens with one attached hydrogen (secondary N) is 2. The molecule has 0 aliphatic carbocycles. The van der Waals surface area contributed by atoms with Crippen molar-refractivity contribution in [1.29, 1.82) is 0 Å². The average Bonchev–Trinajstić information content (AvgIpc) is 3.43. The molecule has 30 heavy (non-hydrogen) atoms. The number of hydrogen-bond acceptors (Lipinski definition) is 4. The highest BCUT2D eigenvalue weighted by Gasteiger charge is 2.50. The molecule has 3 heterocycles. The number of imide groups is 1. The molecule has 0 saturated carbocycles. The molecule has 5 rings (SSSR count). The number of fused-ring (bicyclic) bond motifs is 1. The van der Waals surface area contributed by atoms with Gasteiger partial charge in [0.2, 0.25) is 0 Å². The molecule has 0 radical (unpaired) electrons. The quantitative estimate of drug-likeness (QED) is 0.635. The lowest BCUT2D eigenvalue weighted by Crippen LogP contribution is -2.52. The number of amides is 4. The summed E-state index contributed by atoms with van der Waals surface area (Å²) in [5.41, 5.74) is 1.12. The summed E-state index contributed by atoms with van der Waals surface area (Å²) in [6.45, 7) is 0.185. The third kappa shape index (κ3) is 2.88. The second-order valence-electron chi connectivity index (χ2n) is 7.33. The van der Waals surface area contributed by atoms with Gasteiger partial charge in [0.15, 0.2) is 5.54 Å². The summed E-state index contributed by atoms with van der Waals surface area (Å²) >= 11 is 1.60. The normalized spacial score (nSPS) is 20.3. The molecule has 1 unspecified atom stereocenters. The monoisotopic (exact) mass is 421 g/mol. The summed E-state index contributed by atoms with van der Waals surface area (Å²) in [5.74, 6) is -1.38. The van der Waals surface area contributed by atoms with Crippen LogP contribution in [0.1, 0.15) is 21.5 Å². The van der Waals surface area contributed by atoms with E-state index in [4.69, 9.17) is 0 Å². The molecule has 150 valence electrons. The minimum atomic E-state index is -1.42. The lowest BCUT2D eigenvalue weighted by Gasteiger charge is -2.31. The van der Waals surface area contributed by atoms with E-state index in [1.165, 1.54) is 17.0 Å². The standard InChI is InChI=1S/C22H16FN3O3S/c23-16-8-5-14-11-26(19(27)17(14)10-16)12-22(20(28)24-21(29)25-22)15-6-3-13(4-7-15)18-2-1-9-30-18/h1-10H,11-12H2,(H2,24,25,28,29). The molecule has 6 nitrogen and oxygen atoms in total. The van der Waals surface area contributed by atoms with Crippen LogP contribution in [0.25, 0.3) is 10.4 Å². The summed E-state index contributed by atoms with van der Waals surface area (Å²) < 4.78 is 13.6. The smallest absolute Gasteiger partial charge is 0.322 e. The first-order chi connectivity index (χ1) is 14.5. The number of thiophene rings is 1. The van der Waals surface area contributed by atoms with Crippen molar-refractivity contribution in [2.75, 3.05) is 6.54 Å². The maximum atomic E-state index is 13.6. The van der Waals surface area contributed by atoms with E-state index in [1.807, 2.05) is 29.6 Å². The van der Waals surface area contributed by atoms with Crippen LogP contribution >= 0.6 is 11.3 Å². The molecule has 2 aliphatic heterocycles. The Hall–Kier alpha value is -3.52. The fourth-order valence-corrected chi connectivity index (χ4v) is 4.74. The molecule has 4 amide bonds. The van der Waals surface area contributed by atoms with Gasteiger partial charge in [0.1, 0.15) is 5.82 Å². The lowest BCUT2D eigenvalue weighted by atomic mass is 9.88. The Kier molecular flexibility index (Phi) is 4.18. The maximum Gasteiger partial charge on any atom is 0.322 e. The molecule has 1 aromatic heterocycles. The molecule has 2 N–H and O–H groups in total. The zero-order chi connectivity index (χ0) is 20.9. The van der Waals surface area contributed by atoms with Gasteiger partial charge < -0.3 is 10.2 Å². The summed E-state index contributed by atoms with van der Waals surface area (Å²) in [7, 11) is 0. The van der Waals surface area contributed by atoms with Gasteiger partial charge in [0, 0.05) is 17.0 Å². The third-order valence-electron chi connectivity index (χ3n) is 5.50. The van der Waals surface area contributed by atoms with Crippen molar-refractivity contribution < 1.29 is 18.8 Å². The first-order valence-corrected chi connectivity index (χ1v) is 10.2. The fourth-order valence-electron chi connectivity index (χ4n) is 4.01. The number of benzene rings is 2. The topological polar surface area (TPSA) is 78.5 Å². The van der Waals surface area contributed by atoms with Crippen LogP contribution in [0.3, 0.4) is 0 Å². The summed E-state index contributed by atoms with van der Waals surface area (Å²) in [4.78, 5) is 40.2. The largest absolute Gasteiger partial charge is 0.331 e. The van der Waals surface area contributed by atoms with Crippen LogP contribution in [0.2, 0.25) is 0 Å². The van der Waals surface area contributed by atoms with Gasteiger partial charge in [-0.3, -0.25) is 14.9 Å². The van der Waals surface area contributed by atoms with Crippen LogP contribution in [-0.2, 0) is 16.9 Å². The zero-order valence-electron chi connectivity index (χ0n) is 15.6. The van der Waals surface area contributed by atoms with Gasteiger partial charge in [-0.15, -0.1) is 11.3 Å². The predicted octanol–water partition coefficient (Wildman–Crippen LogP) is 3.24. The Morgan fingerprint density at radius 1 is 1.07 bits per heavy atom. The van der Waals surface area contributed by atoms with Gasteiger partial charge >= 0.3 is 6.03 Å². The van der Waals surface area contributed by atoms with Crippen LogP contribution in [0, 0.1) is 5.82 Å². The third-order valence-corrected chi connectivity index (χ3v) is 6.42. The minimum absolute atomic E-state index is 0.0575. The number of hydrogen-bond donors (Lipinski definition) is 2. The van der Waals surface area contributed by atoms with Gasteiger partial charge in [-0.2, -0.15) is 0 Å². The number of rotatable bonds is 4. The Morgan fingerprint density at radius 3 is 2.53 bits per heavy atom. The Balaban J connectivity index is 1.50. The summed E-state index contributed by atoms with van der Waals surface area (Å²) in [5, 5.41) is 6.97. The molecule has 1 fully saturated rings. The molecule has 0 spiro atoms. The van der Waals surface area contributed by atoms with E-state index in [0.29, 0.717) is 11.1 Å². The summed E-state index contributed by atoms with van der Waals surface area (Å²) in [6, 6.07) is 14.8. The van der Waals surface area contributed by atoms with Crippen molar-refractivity contribution in [2.45, 2.75) is 12.1 Å². The molecule has 2 aromatic carbocycles. The molecule has 2 aliphatic rings. The average molecular weight is 421 g/mol. The molecule has 3 aromatic rings. The van der Waals surface area contributed by atoms with Crippen molar-refractivity contribution in [3.63, 3.8) is 0 Å². The SMILES string of the molecule is O=C1NC(=O)C(CN2Cc3ccc(F)cc3C2=O)(c2ccc(-c3cccs3)cc2)N1. The highest BCUT2D eigenvalue weighted by molar-refractivity contribution is 7.13. The molecule has 8 heteroatoms. The fraction of sp³-hybridized carbons (Fsp3) is 0.136. The molecular formula is C22H16FN3O3S. The highest BCUT2D eigenvalue weighted by Crippen LogP contribution is 2.33. The van der Waals surface area contributed by atoms with Crippen molar-refractivity contribution in [2.24, 2.45) is 0 Å². The van der Waals surface area contributed by atoms with Crippen molar-refractivity contribution in [3.8, 4) is 10.4 Å². The van der Waals surface area contributed by atoms with Crippen LogP contribution in [0.4, 0.5) is 9.18 Å². The molecular weight excluding hydrogens is 405 g/mol. The number of halogens is 1. The van der Waals surface area contributed by atoms with Crippen molar-refractivity contribution >= 4 is 29.2 Å². The number of carbonyl (C=O) groups excluding carboxylic acids is 3. The van der Waals surface area contributed by atoms with Gasteiger partial charge in [-0.05, 0) is 40.3 Å². The minimum Gasteiger partial charge on any atom is -0.331 e. The van der Waals surface area contributed by atoms with Crippen LogP contribution in [-0.4, -0.2) is 29.3 Å². The first-order valence-electron chi connectivity index (χ1n) is 9.32. The Bertz CT molecular complexity index is 1180. The second-order valence-corrected chi connectivity index (χ2v) is 8.28. The Labute approximate surface area is 175 Å². The van der Waals surface area contributed by atoms with Gasteiger partial charge in [-0.1, -0.05) is 36.4 Å². The van der Waals surface area contributed by atoms with Gasteiger partial charge in [-0.25, -0.2) is 9.18 Å². The van der Waals surface area contributed by atoms with E-state index < -0.39 is 23.3 Å². The van der Waals surface area contributed by atoms with E-state index in [-0.39, 0.29) is 24.6 Å². The van der Waals surface area contributed by atoms with E-state index >= 15 is 0 Å². The number of urea groups is 1. The van der Waals surface area contributed by atoms with E-state index in [1.54, 1.807) is 29.5 Å². The number of nitrogens with zero attached hydrogens (tertiary/aromatic N) is 1. The van der Waals surface area contributed by atoms with Crippen LogP contribution in [0.15, 0.2) is 60.0 Å². The van der Waals surface area contributed by atoms with Crippen LogP contribution in [0.5, 0.6) is 0 Å². The molecule has 0 bridgehead atoms. The van der Waals surface area contributed by atoms with Crippen molar-refractivity contribution in [1.82, 2.24) is 15.5 Å². The van der Waals surface area contributed by atoms with Crippen LogP contribution < -0.4 is 10.6 Å². The lowest BCUT2D eigenvalue weighted by molar-refractivity contribution is -0.124. The first kappa shape index (κ1) is 18.5. The number of carbonyl (C=O) groups is 3. The van der Waals surface area contributed by atoms with Crippen molar-refractivity contribution in [3.05, 3.63) is 82.5 Å². The van der Waals surface area contributed by atoms with E-state index in [0.717, 1.165) is 10.4 Å². The predicted molar refractivity (Wildman–Crippen MR) is 109 cm³/mol. The molecule has 1 saturated heterocycles. The van der Waals surface area contributed by atoms with Gasteiger partial charge in [0.25, 0.3) is 11.8 Å². The Morgan fingerprint density at radius 2 is 1.87 bits per heavy atom. The molecule has 1 atom stereocenters. The summed E-state index contributed by atoms with van der Waals surface area (Å²) in [6.07, 6.45) is 0. The highest BCUT2D eigenvalue weighted by atomic mass is 32.1. The maximum absolute atomic E-state index is 13.6. The van der Waals surface area contributed by atoms with E-state index in [9.17, 15) is 18.8 Å². The van der Waals surface area contributed by atoms with E-state index in [2.05, 4.69) is 10.6 Å². The zero-order valence-corrected chi connectivity index (χ0v) is 16.5. The second kappa shape index (κ2) is 6.77. The van der Waals surface area contributed by atoms with Gasteiger partial charge in [0.05, 0.1) is 6.54 Å².